The normalized spacial score (nSPS) is 11.3. The van der Waals surface area contributed by atoms with Crippen LogP contribution in [0.25, 0.3) is 94.7 Å². The Balaban J connectivity index is 0.000000258. The minimum absolute atomic E-state index is 0. The first-order chi connectivity index (χ1) is 30.8. The van der Waals surface area contributed by atoms with Crippen molar-refractivity contribution in [2.24, 2.45) is 0 Å². The topological polar surface area (TPSA) is 43.9 Å². The van der Waals surface area contributed by atoms with Crippen LogP contribution >= 0.6 is 0 Å². The first kappa shape index (κ1) is 42.6. The van der Waals surface area contributed by atoms with E-state index in [0.717, 1.165) is 83.5 Å². The molecule has 3 aromatic heterocycles. The van der Waals surface area contributed by atoms with Crippen molar-refractivity contribution in [3.8, 4) is 61.7 Å². The fraction of sp³-hybridized carbons (Fsp3) is 0.0526. The largest absolute Gasteiger partial charge is 0 e. The van der Waals surface area contributed by atoms with Crippen molar-refractivity contribution < 1.29 is 28.9 Å². The summed E-state index contributed by atoms with van der Waals surface area (Å²) in [5, 5.41) is 1.92. The molecule has 64 heavy (non-hydrogen) atoms. The van der Waals surface area contributed by atoms with Gasteiger partial charge in [0.2, 0.25) is 0 Å². The SMILES string of the molecule is Fc1ccc(-c2c[c-]c(-c3nc4ccccc4n3-c3ccc(-c4ccccc4)cc3)c3oc4cc(-c5ccccc5)ccc4c23)cc1.[CH3][Ge]([CH3])([CH3])[c]1ccc(-c2[c-]cccc2)nc1.[Ir]. The summed E-state index contributed by atoms with van der Waals surface area (Å²) in [7, 11) is 0. The molecular formula is C57H42FGeIrN3O-2. The van der Waals surface area contributed by atoms with Crippen molar-refractivity contribution in [3.05, 3.63) is 218 Å². The fourth-order valence-corrected chi connectivity index (χ4v) is 10.3. The van der Waals surface area contributed by atoms with Gasteiger partial charge in [0, 0.05) is 31.2 Å². The molecule has 0 unspecified atom stereocenters. The third-order valence-corrected chi connectivity index (χ3v) is 15.7. The Kier molecular flexibility index (Phi) is 12.1. The average Bonchev–Trinajstić information content (AvgIpc) is 3.92. The number of fused-ring (bicyclic) bond motifs is 4. The zero-order valence-corrected chi connectivity index (χ0v) is 40.0. The van der Waals surface area contributed by atoms with E-state index in [1.165, 1.54) is 22.1 Å². The van der Waals surface area contributed by atoms with Gasteiger partial charge in [0.15, 0.2) is 0 Å². The molecule has 0 bridgehead atoms. The van der Waals surface area contributed by atoms with Crippen molar-refractivity contribution in [1.29, 1.82) is 0 Å². The van der Waals surface area contributed by atoms with Crippen LogP contribution in [-0.4, -0.2) is 27.8 Å². The molecule has 0 spiro atoms. The van der Waals surface area contributed by atoms with E-state index >= 15 is 0 Å². The molecule has 313 valence electrons. The molecule has 11 rings (SSSR count). The Morgan fingerprint density at radius 1 is 0.609 bits per heavy atom. The van der Waals surface area contributed by atoms with E-state index in [-0.39, 0.29) is 25.9 Å². The maximum Gasteiger partial charge on any atom is 0 e. The van der Waals surface area contributed by atoms with Gasteiger partial charge in [-0.1, -0.05) is 126 Å². The number of pyridine rings is 1. The number of halogens is 1. The molecule has 4 nitrogen and oxygen atoms in total. The molecule has 0 saturated heterocycles. The third kappa shape index (κ3) is 8.53. The molecule has 0 aliphatic rings. The predicted octanol–water partition coefficient (Wildman–Crippen LogP) is 14.6. The molecule has 0 aliphatic carbocycles. The maximum atomic E-state index is 14.0. The summed E-state index contributed by atoms with van der Waals surface area (Å²) in [4.78, 5) is 9.69. The number of hydrogen-bond donors (Lipinski definition) is 0. The Morgan fingerprint density at radius 3 is 1.92 bits per heavy atom. The molecule has 7 heteroatoms. The summed E-state index contributed by atoms with van der Waals surface area (Å²) in [6, 6.07) is 71.3. The minimum atomic E-state index is -1.72. The number of benzene rings is 8. The smallest absolute Gasteiger partial charge is 0 e. The van der Waals surface area contributed by atoms with Gasteiger partial charge in [-0.25, -0.2) is 4.39 Å². The van der Waals surface area contributed by atoms with Gasteiger partial charge in [-0.2, -0.15) is 0 Å². The number of aromatic nitrogens is 3. The number of rotatable bonds is 7. The first-order valence-corrected chi connectivity index (χ1v) is 28.4. The zero-order valence-electron chi connectivity index (χ0n) is 35.5. The monoisotopic (exact) mass is 1070 g/mol. The van der Waals surface area contributed by atoms with E-state index in [9.17, 15) is 4.39 Å². The summed E-state index contributed by atoms with van der Waals surface area (Å²) in [5.41, 5.74) is 13.4. The Bertz CT molecular complexity index is 3350. The van der Waals surface area contributed by atoms with Crippen molar-refractivity contribution in [1.82, 2.24) is 14.5 Å². The Hall–Kier alpha value is -6.70. The second-order valence-corrected chi connectivity index (χ2v) is 27.3. The van der Waals surface area contributed by atoms with Crippen LogP contribution in [0.5, 0.6) is 0 Å². The van der Waals surface area contributed by atoms with Crippen molar-refractivity contribution in [2.75, 3.05) is 0 Å². The molecule has 0 N–H and O–H groups in total. The van der Waals surface area contributed by atoms with Gasteiger partial charge in [0.1, 0.15) is 11.4 Å². The summed E-state index contributed by atoms with van der Waals surface area (Å²) in [5.74, 6) is 7.60. The number of furan rings is 1. The van der Waals surface area contributed by atoms with Crippen LogP contribution in [0.1, 0.15) is 0 Å². The number of hydrogen-bond acceptors (Lipinski definition) is 3. The zero-order chi connectivity index (χ0) is 42.9. The van der Waals surface area contributed by atoms with E-state index in [2.05, 4.69) is 136 Å². The maximum absolute atomic E-state index is 14.0. The van der Waals surface area contributed by atoms with Gasteiger partial charge in [-0.3, -0.25) is 4.98 Å². The molecule has 11 aromatic rings. The van der Waals surface area contributed by atoms with Gasteiger partial charge < -0.3 is 8.98 Å². The number of para-hydroxylation sites is 2. The van der Waals surface area contributed by atoms with Gasteiger partial charge in [-0.15, -0.1) is 12.1 Å². The van der Waals surface area contributed by atoms with Gasteiger partial charge in [-0.05, 0) is 70.1 Å². The molecular weight excluding hydrogens is 1030 g/mol. The average molecular weight is 1070 g/mol. The molecule has 1 radical (unpaired) electrons. The standard InChI is InChI=1S/C43H26FN2O.C14H16GeN.Ir/c44-33-20-15-31(16-21-33)35-25-26-37(42-41(35)36-24-19-32(27-40(36)47-42)29-11-5-2-6-12-29)43-45-38-13-7-8-14-39(38)46(43)34-22-17-30(18-23-34)28-9-3-1-4-10-28;1-15(2,3)13-9-10-14(16-11-13)12-7-5-4-6-8-12;/h1-25,27H;4-7,9-11H,1-3H3;/q2*-1;. The third-order valence-electron chi connectivity index (χ3n) is 11.4. The molecule has 0 fully saturated rings. The van der Waals surface area contributed by atoms with E-state index in [1.807, 2.05) is 79.0 Å². The predicted molar refractivity (Wildman–Crippen MR) is 260 cm³/mol. The molecule has 8 aromatic carbocycles. The number of imidazole rings is 1. The number of nitrogens with zero attached hydrogens (tertiary/aromatic N) is 3. The summed E-state index contributed by atoms with van der Waals surface area (Å²) >= 11 is -1.72. The molecule has 0 aliphatic heterocycles. The van der Waals surface area contributed by atoms with Crippen LogP contribution in [0.15, 0.2) is 205 Å². The summed E-state index contributed by atoms with van der Waals surface area (Å²) in [6.45, 7) is 0. The van der Waals surface area contributed by atoms with Crippen molar-refractivity contribution >= 4 is 50.6 Å². The van der Waals surface area contributed by atoms with E-state index < -0.39 is 13.3 Å². The van der Waals surface area contributed by atoms with E-state index in [4.69, 9.17) is 9.40 Å². The van der Waals surface area contributed by atoms with Crippen LogP contribution in [0.2, 0.25) is 17.3 Å². The molecule has 3 heterocycles. The first-order valence-electron chi connectivity index (χ1n) is 21.1. The van der Waals surface area contributed by atoms with Crippen LogP contribution in [-0.2, 0) is 20.1 Å². The quantitative estimate of drug-likeness (QED) is 0.118. The van der Waals surface area contributed by atoms with E-state index in [1.54, 1.807) is 12.1 Å². The summed E-state index contributed by atoms with van der Waals surface area (Å²) < 4.78 is 24.4. The molecule has 0 atom stereocenters. The van der Waals surface area contributed by atoms with Gasteiger partial charge in [0.05, 0.1) is 22.4 Å². The molecule has 0 amide bonds. The van der Waals surface area contributed by atoms with Crippen LogP contribution in [0.3, 0.4) is 0 Å². The van der Waals surface area contributed by atoms with E-state index in [0.29, 0.717) is 5.58 Å². The van der Waals surface area contributed by atoms with Crippen LogP contribution in [0.4, 0.5) is 4.39 Å². The van der Waals surface area contributed by atoms with Crippen LogP contribution in [0, 0.1) is 17.9 Å². The van der Waals surface area contributed by atoms with Gasteiger partial charge >= 0.3 is 99.8 Å². The van der Waals surface area contributed by atoms with Crippen LogP contribution < -0.4 is 4.40 Å². The summed E-state index contributed by atoms with van der Waals surface area (Å²) in [6.07, 6.45) is 2.04. The minimum Gasteiger partial charge on any atom is 0 e. The molecule has 0 saturated carbocycles. The van der Waals surface area contributed by atoms with Crippen molar-refractivity contribution in [2.45, 2.75) is 17.3 Å². The van der Waals surface area contributed by atoms with Gasteiger partial charge in [0.25, 0.3) is 0 Å². The Morgan fingerprint density at radius 2 is 1.25 bits per heavy atom. The Labute approximate surface area is 388 Å². The fourth-order valence-electron chi connectivity index (χ4n) is 8.09. The second kappa shape index (κ2) is 18.2. The van der Waals surface area contributed by atoms with Crippen molar-refractivity contribution in [3.63, 3.8) is 0 Å². The second-order valence-electron chi connectivity index (χ2n) is 16.6.